The van der Waals surface area contributed by atoms with Crippen molar-refractivity contribution in [1.82, 2.24) is 10.2 Å². The van der Waals surface area contributed by atoms with Gasteiger partial charge in [0, 0.05) is 6.54 Å². The highest BCUT2D eigenvalue weighted by atomic mass is 16.2. The molecule has 1 N–H and O–H groups in total. The number of hydrogen-bond donors (Lipinski definition) is 1. The Kier molecular flexibility index (Phi) is 2.83. The van der Waals surface area contributed by atoms with Crippen molar-refractivity contribution in [2.75, 3.05) is 6.54 Å². The predicted molar refractivity (Wildman–Crippen MR) is 53.7 cm³/mol. The summed E-state index contributed by atoms with van der Waals surface area (Å²) in [5.41, 5.74) is -0.668. The summed E-state index contributed by atoms with van der Waals surface area (Å²) < 4.78 is 0. The summed E-state index contributed by atoms with van der Waals surface area (Å²) in [6.45, 7) is 7.94. The zero-order valence-electron chi connectivity index (χ0n) is 9.26. The van der Waals surface area contributed by atoms with E-state index in [1.807, 2.05) is 20.8 Å². The van der Waals surface area contributed by atoms with Gasteiger partial charge in [-0.05, 0) is 27.2 Å². The molecule has 0 spiro atoms. The minimum Gasteiger partial charge on any atom is -0.343 e. The van der Waals surface area contributed by atoms with Gasteiger partial charge in [0.1, 0.15) is 11.6 Å². The van der Waals surface area contributed by atoms with E-state index in [1.54, 1.807) is 11.8 Å². The van der Waals surface area contributed by atoms with Gasteiger partial charge >= 0.3 is 0 Å². The summed E-state index contributed by atoms with van der Waals surface area (Å²) in [5.74, 6) is -0.0367. The Morgan fingerprint density at radius 3 is 2.43 bits per heavy atom. The van der Waals surface area contributed by atoms with Gasteiger partial charge in [-0.1, -0.05) is 6.92 Å². The fraction of sp³-hybridized carbons (Fsp3) is 0.800. The molecule has 0 aromatic carbocycles. The highest BCUT2D eigenvalue weighted by Crippen LogP contribution is 2.24. The summed E-state index contributed by atoms with van der Waals surface area (Å²) >= 11 is 0. The molecule has 1 fully saturated rings. The highest BCUT2D eigenvalue weighted by Gasteiger charge is 2.45. The van der Waals surface area contributed by atoms with Gasteiger partial charge in [-0.2, -0.15) is 0 Å². The SMILES string of the molecule is CCN1C(=O)C(C)NC(=O)C1(C)CC. The number of carbonyl (C=O) groups is 2. The van der Waals surface area contributed by atoms with Crippen molar-refractivity contribution in [1.29, 1.82) is 0 Å². The van der Waals surface area contributed by atoms with Gasteiger partial charge in [-0.25, -0.2) is 0 Å². The number of nitrogens with one attached hydrogen (secondary N) is 1. The third-order valence-corrected chi connectivity index (χ3v) is 3.07. The van der Waals surface area contributed by atoms with E-state index in [0.29, 0.717) is 13.0 Å². The van der Waals surface area contributed by atoms with E-state index in [0.717, 1.165) is 0 Å². The number of likely N-dealkylation sites (N-methyl/N-ethyl adjacent to an activating group) is 1. The lowest BCUT2D eigenvalue weighted by molar-refractivity contribution is -0.155. The van der Waals surface area contributed by atoms with Crippen molar-refractivity contribution in [3.8, 4) is 0 Å². The van der Waals surface area contributed by atoms with Gasteiger partial charge in [0.05, 0.1) is 0 Å². The molecule has 0 saturated carbocycles. The van der Waals surface area contributed by atoms with E-state index in [2.05, 4.69) is 5.32 Å². The second kappa shape index (κ2) is 3.59. The van der Waals surface area contributed by atoms with E-state index in [1.165, 1.54) is 0 Å². The third kappa shape index (κ3) is 1.38. The first-order valence-corrected chi connectivity index (χ1v) is 5.09. The number of nitrogens with zero attached hydrogens (tertiary/aromatic N) is 1. The molecular weight excluding hydrogens is 180 g/mol. The molecule has 2 unspecified atom stereocenters. The van der Waals surface area contributed by atoms with Crippen molar-refractivity contribution in [3.05, 3.63) is 0 Å². The second-order valence-corrected chi connectivity index (χ2v) is 3.91. The number of carbonyl (C=O) groups excluding carboxylic acids is 2. The molecule has 0 aromatic rings. The zero-order valence-corrected chi connectivity index (χ0v) is 9.26. The van der Waals surface area contributed by atoms with Crippen LogP contribution < -0.4 is 5.32 Å². The Hall–Kier alpha value is -1.06. The molecule has 4 nitrogen and oxygen atoms in total. The largest absolute Gasteiger partial charge is 0.343 e. The van der Waals surface area contributed by atoms with Crippen LogP contribution in [0.2, 0.25) is 0 Å². The molecule has 0 bridgehead atoms. The second-order valence-electron chi connectivity index (χ2n) is 3.91. The number of amides is 2. The van der Waals surface area contributed by atoms with Crippen LogP contribution in [0, 0.1) is 0 Å². The lowest BCUT2D eigenvalue weighted by atomic mass is 9.91. The van der Waals surface area contributed by atoms with Gasteiger partial charge in [0.15, 0.2) is 0 Å². The Bertz CT molecular complexity index is 263. The highest BCUT2D eigenvalue weighted by molar-refractivity contribution is 5.99. The molecule has 1 rings (SSSR count). The molecule has 4 heteroatoms. The first-order chi connectivity index (χ1) is 6.47. The molecule has 14 heavy (non-hydrogen) atoms. The average Bonchev–Trinajstić information content (AvgIpc) is 2.16. The number of rotatable bonds is 2. The Labute approximate surface area is 84.7 Å². The minimum atomic E-state index is -0.668. The van der Waals surface area contributed by atoms with Crippen molar-refractivity contribution in [2.45, 2.75) is 45.7 Å². The van der Waals surface area contributed by atoms with E-state index >= 15 is 0 Å². The van der Waals surface area contributed by atoms with Crippen LogP contribution in [-0.4, -0.2) is 34.8 Å². The summed E-state index contributed by atoms with van der Waals surface area (Å²) in [5, 5.41) is 2.70. The summed E-state index contributed by atoms with van der Waals surface area (Å²) in [7, 11) is 0. The quantitative estimate of drug-likeness (QED) is 0.703. The van der Waals surface area contributed by atoms with Crippen LogP contribution in [0.1, 0.15) is 34.1 Å². The van der Waals surface area contributed by atoms with E-state index in [9.17, 15) is 9.59 Å². The lowest BCUT2D eigenvalue weighted by Gasteiger charge is -2.44. The molecule has 2 atom stereocenters. The van der Waals surface area contributed by atoms with Gasteiger partial charge in [-0.3, -0.25) is 9.59 Å². The van der Waals surface area contributed by atoms with Crippen molar-refractivity contribution >= 4 is 11.8 Å². The van der Waals surface area contributed by atoms with Gasteiger partial charge in [0.2, 0.25) is 11.8 Å². The molecule has 0 radical (unpaired) electrons. The van der Waals surface area contributed by atoms with Crippen LogP contribution in [0.3, 0.4) is 0 Å². The Morgan fingerprint density at radius 1 is 1.43 bits per heavy atom. The summed E-state index contributed by atoms with van der Waals surface area (Å²) in [6, 6.07) is -0.387. The molecule has 1 aliphatic heterocycles. The first kappa shape index (κ1) is 11.0. The van der Waals surface area contributed by atoms with E-state index in [-0.39, 0.29) is 17.9 Å². The molecule has 0 aliphatic carbocycles. The predicted octanol–water partition coefficient (Wildman–Crippen LogP) is 0.522. The van der Waals surface area contributed by atoms with Crippen LogP contribution in [0.4, 0.5) is 0 Å². The summed E-state index contributed by atoms with van der Waals surface area (Å²) in [4.78, 5) is 25.2. The molecule has 1 heterocycles. The van der Waals surface area contributed by atoms with Crippen LogP contribution in [-0.2, 0) is 9.59 Å². The third-order valence-electron chi connectivity index (χ3n) is 3.07. The average molecular weight is 198 g/mol. The maximum Gasteiger partial charge on any atom is 0.246 e. The molecule has 2 amide bonds. The monoisotopic (exact) mass is 198 g/mol. The number of hydrogen-bond acceptors (Lipinski definition) is 2. The van der Waals surface area contributed by atoms with Crippen LogP contribution in [0.15, 0.2) is 0 Å². The van der Waals surface area contributed by atoms with Crippen LogP contribution >= 0.6 is 0 Å². The molecule has 80 valence electrons. The fourth-order valence-electron chi connectivity index (χ4n) is 1.87. The summed E-state index contributed by atoms with van der Waals surface area (Å²) in [6.07, 6.45) is 0.644. The smallest absolute Gasteiger partial charge is 0.246 e. The van der Waals surface area contributed by atoms with E-state index < -0.39 is 5.54 Å². The topological polar surface area (TPSA) is 49.4 Å². The zero-order chi connectivity index (χ0) is 10.9. The Balaban J connectivity index is 3.03. The first-order valence-electron chi connectivity index (χ1n) is 5.09. The van der Waals surface area contributed by atoms with E-state index in [4.69, 9.17) is 0 Å². The fourth-order valence-corrected chi connectivity index (χ4v) is 1.87. The van der Waals surface area contributed by atoms with Crippen LogP contribution in [0.25, 0.3) is 0 Å². The molecule has 1 saturated heterocycles. The van der Waals surface area contributed by atoms with Crippen LogP contribution in [0.5, 0.6) is 0 Å². The lowest BCUT2D eigenvalue weighted by Crippen LogP contribution is -2.68. The molecule has 1 aliphatic rings. The van der Waals surface area contributed by atoms with Gasteiger partial charge < -0.3 is 10.2 Å². The Morgan fingerprint density at radius 2 is 2.00 bits per heavy atom. The van der Waals surface area contributed by atoms with Gasteiger partial charge in [-0.15, -0.1) is 0 Å². The number of piperazine rings is 1. The maximum atomic E-state index is 11.8. The standard InChI is InChI=1S/C10H18N2O2/c1-5-10(4)9(14)11-7(3)8(13)12(10)6-2/h7H,5-6H2,1-4H3,(H,11,14). The van der Waals surface area contributed by atoms with Crippen molar-refractivity contribution in [3.63, 3.8) is 0 Å². The maximum absolute atomic E-state index is 11.8. The van der Waals surface area contributed by atoms with Crippen molar-refractivity contribution in [2.24, 2.45) is 0 Å². The minimum absolute atomic E-state index is 0.0106. The molecular formula is C10H18N2O2. The van der Waals surface area contributed by atoms with Gasteiger partial charge in [0.25, 0.3) is 0 Å². The molecule has 0 aromatic heterocycles. The normalized spacial score (nSPS) is 33.1. The van der Waals surface area contributed by atoms with Crippen molar-refractivity contribution < 1.29 is 9.59 Å².